The summed E-state index contributed by atoms with van der Waals surface area (Å²) in [4.78, 5) is 103. The number of aliphatic carboxylic acids is 2. The van der Waals surface area contributed by atoms with Gasteiger partial charge >= 0.3 is 29.8 Å². The lowest BCUT2D eigenvalue weighted by Crippen LogP contribution is -2.42. The maximum atomic E-state index is 12.3. The van der Waals surface area contributed by atoms with Crippen LogP contribution in [0.3, 0.4) is 0 Å². The van der Waals surface area contributed by atoms with Crippen LogP contribution in [0.5, 0.6) is 0 Å². The van der Waals surface area contributed by atoms with Crippen molar-refractivity contribution in [2.75, 3.05) is 18.9 Å². The highest BCUT2D eigenvalue weighted by molar-refractivity contribution is 9.11. The van der Waals surface area contributed by atoms with Crippen molar-refractivity contribution in [3.05, 3.63) is 85.6 Å². The summed E-state index contributed by atoms with van der Waals surface area (Å²) in [5.41, 5.74) is 6.60. The first-order chi connectivity index (χ1) is 29.9. The maximum Gasteiger partial charge on any atom is 0.345 e. The number of nitrogens with one attached hydrogen (secondary N) is 4. The van der Waals surface area contributed by atoms with Gasteiger partial charge in [0.1, 0.15) is 22.6 Å². The number of esters is 2. The molecule has 0 saturated carbocycles. The van der Waals surface area contributed by atoms with Crippen molar-refractivity contribution >= 4 is 125 Å². The first-order valence-electron chi connectivity index (χ1n) is 19.0. The molecule has 5 rings (SSSR count). The van der Waals surface area contributed by atoms with E-state index in [0.717, 1.165) is 43.8 Å². The van der Waals surface area contributed by atoms with Crippen LogP contribution in [-0.2, 0) is 41.5 Å². The number of aromatic amines is 2. The van der Waals surface area contributed by atoms with Gasteiger partial charge in [-0.15, -0.1) is 34.0 Å². The third kappa shape index (κ3) is 18.1. The molecule has 0 aliphatic heterocycles. The van der Waals surface area contributed by atoms with Crippen molar-refractivity contribution in [2.24, 2.45) is 0 Å². The van der Waals surface area contributed by atoms with Gasteiger partial charge in [0.25, 0.3) is 17.4 Å². The zero-order valence-electron chi connectivity index (χ0n) is 33.7. The Morgan fingerprint density at radius 1 is 0.762 bits per heavy atom. The molecule has 5 aromatic rings. The molecule has 19 nitrogen and oxygen atoms in total. The number of carbonyl (C=O) groups is 7. The molecule has 5 heterocycles. The maximum absolute atomic E-state index is 12.3. The average Bonchev–Trinajstić information content (AvgIpc) is 4.05. The number of carboxylic acids is 3. The van der Waals surface area contributed by atoms with Gasteiger partial charge in [-0.25, -0.2) is 14.4 Å². The normalized spacial score (nSPS) is 11.5. The molecule has 0 aromatic carbocycles. The van der Waals surface area contributed by atoms with E-state index in [1.165, 1.54) is 34.0 Å². The molecule has 9 N–H and O–H groups in total. The second kappa shape index (κ2) is 26.3. The van der Waals surface area contributed by atoms with Gasteiger partial charge in [-0.1, -0.05) is 0 Å². The molecule has 0 aliphatic rings. The molecular weight excluding hydrogens is 1020 g/mol. The quantitative estimate of drug-likeness (QED) is 0.0316. The molecule has 63 heavy (non-hydrogen) atoms. The first-order valence-corrected chi connectivity index (χ1v) is 23.0. The minimum atomic E-state index is -1.27. The van der Waals surface area contributed by atoms with Crippen molar-refractivity contribution in [1.82, 2.24) is 25.6 Å². The minimum absolute atomic E-state index is 0.0335. The van der Waals surface area contributed by atoms with E-state index >= 15 is 0 Å². The number of nitrogen functional groups attached to an aromatic ring is 1. The van der Waals surface area contributed by atoms with Crippen LogP contribution >= 0.6 is 65.9 Å². The number of unbranched alkanes of at least 4 members (excludes halogenated alkanes) is 1. The van der Waals surface area contributed by atoms with Crippen LogP contribution in [0.4, 0.5) is 5.95 Å². The van der Waals surface area contributed by atoms with E-state index in [1.54, 1.807) is 50.2 Å². The fourth-order valence-corrected chi connectivity index (χ4v) is 8.78. The van der Waals surface area contributed by atoms with Crippen molar-refractivity contribution in [2.45, 2.75) is 77.3 Å². The van der Waals surface area contributed by atoms with Gasteiger partial charge in [0, 0.05) is 23.4 Å². The summed E-state index contributed by atoms with van der Waals surface area (Å²) in [6.45, 7) is 3.86. The number of nitrogens with two attached hydrogens (primary N) is 1. The molecule has 5 aromatic heterocycles. The highest BCUT2D eigenvalue weighted by Crippen LogP contribution is 2.23. The summed E-state index contributed by atoms with van der Waals surface area (Å²) in [6.07, 6.45) is 2.79. The number of hydrogen-bond donors (Lipinski definition) is 8. The largest absolute Gasteiger partial charge is 0.481 e. The molecule has 340 valence electrons. The lowest BCUT2D eigenvalue weighted by Gasteiger charge is -2.16. The number of aromatic nitrogens is 3. The number of H-pyrrole nitrogens is 2. The van der Waals surface area contributed by atoms with E-state index < -0.39 is 47.8 Å². The van der Waals surface area contributed by atoms with E-state index in [1.807, 2.05) is 6.07 Å². The Morgan fingerprint density at radius 2 is 1.33 bits per heavy atom. The predicted octanol–water partition coefficient (Wildman–Crippen LogP) is 6.23. The lowest BCUT2D eigenvalue weighted by molar-refractivity contribution is -0.147. The summed E-state index contributed by atoms with van der Waals surface area (Å²) in [7, 11) is 0. The molecule has 0 spiro atoms. The Labute approximate surface area is 388 Å². The Bertz CT molecular complexity index is 2430. The van der Waals surface area contributed by atoms with E-state index in [4.69, 9.17) is 30.5 Å². The Hall–Kier alpha value is -5.43. The summed E-state index contributed by atoms with van der Waals surface area (Å²) in [5.74, 6) is -5.08. The fraction of sp³-hybridized carbons (Fsp3) is 0.359. The van der Waals surface area contributed by atoms with Crippen LogP contribution in [0, 0.1) is 0 Å². The van der Waals surface area contributed by atoms with Gasteiger partial charge in [0.2, 0.25) is 5.95 Å². The monoisotopic (exact) mass is 1060 g/mol. The summed E-state index contributed by atoms with van der Waals surface area (Å²) in [6, 6.07) is 9.76. The summed E-state index contributed by atoms with van der Waals surface area (Å²) < 4.78 is 11.4. The number of hydrogen-bond acceptors (Lipinski definition) is 15. The number of aryl methyl sites for hydroxylation is 2. The van der Waals surface area contributed by atoms with Gasteiger partial charge in [0.05, 0.1) is 35.9 Å². The van der Waals surface area contributed by atoms with Crippen LogP contribution in [0.25, 0.3) is 11.0 Å². The van der Waals surface area contributed by atoms with Crippen LogP contribution in [0.15, 0.2) is 54.8 Å². The zero-order chi connectivity index (χ0) is 46.6. The molecule has 2 atom stereocenters. The van der Waals surface area contributed by atoms with Gasteiger partial charge in [-0.05, 0) is 127 Å². The lowest BCUT2D eigenvalue weighted by atomic mass is 10.1. The van der Waals surface area contributed by atoms with E-state index in [-0.39, 0.29) is 56.3 Å². The predicted molar refractivity (Wildman–Crippen MR) is 243 cm³/mol. The number of thiophene rings is 3. The zero-order valence-corrected chi connectivity index (χ0v) is 39.3. The number of rotatable bonds is 20. The van der Waals surface area contributed by atoms with Crippen molar-refractivity contribution < 1.29 is 58.4 Å². The second-order valence-electron chi connectivity index (χ2n) is 12.9. The minimum Gasteiger partial charge on any atom is -0.481 e. The molecule has 0 saturated heterocycles. The highest BCUT2D eigenvalue weighted by Gasteiger charge is 2.25. The number of fused-ring (bicyclic) bond motifs is 1. The molecule has 2 amide bonds. The highest BCUT2D eigenvalue weighted by atomic mass is 79.9. The molecule has 0 aliphatic carbocycles. The number of carboxylic acid groups (broad SMARTS) is 3. The van der Waals surface area contributed by atoms with Gasteiger partial charge in [-0.2, -0.15) is 4.98 Å². The number of ether oxygens (including phenoxy) is 2. The van der Waals surface area contributed by atoms with E-state index in [2.05, 4.69) is 57.4 Å². The van der Waals surface area contributed by atoms with Crippen LogP contribution < -0.4 is 21.9 Å². The number of carbonyl (C=O) groups excluding carboxylic acids is 4. The summed E-state index contributed by atoms with van der Waals surface area (Å²) in [5, 5.41) is 31.7. The molecule has 0 bridgehead atoms. The van der Waals surface area contributed by atoms with Crippen molar-refractivity contribution in [1.29, 1.82) is 0 Å². The molecule has 24 heteroatoms. The fourth-order valence-electron chi connectivity index (χ4n) is 5.31. The van der Waals surface area contributed by atoms with Crippen molar-refractivity contribution in [3.8, 4) is 0 Å². The average molecular weight is 1060 g/mol. The smallest absolute Gasteiger partial charge is 0.345 e. The van der Waals surface area contributed by atoms with E-state index in [0.29, 0.717) is 25.7 Å². The molecular formula is C39H44Br2N6O13S3. The standard InChI is InChI=1S/C20H23N5O6S.C14H18BrNO5S.C5H3BrO2S/c21-20-24-16-12(17(28)25-20)9-10(22-16)3-1-2-4-11-5-7-14(32-11)18(29)23-13(19(30)31)6-8-15(26)27;1-3-20-12(17)8-5-9(14(19)21-4-2)16-13(18)10-6-7-11(15)22-10;6-4-2-1-3(9-4)5(7)8/h5,7,9,13H,1-4,6,8H2,(H,23,29)(H,26,27)(H,30,31)(H4,21,22,24,25,28);6-7,9H,3-5,8H2,1-2H3,(H,16,18);1-2H,(H,7,8)/t13-;9-;/m00./s1. The molecule has 0 radical (unpaired) electrons. The van der Waals surface area contributed by atoms with Crippen LogP contribution in [-0.4, -0.2) is 97.2 Å². The Kier molecular flexibility index (Phi) is 21.6. The number of nitrogens with zero attached hydrogens (tertiary/aromatic N) is 1. The first kappa shape index (κ1) is 51.9. The Balaban J connectivity index is 0.000000293. The Morgan fingerprint density at radius 3 is 1.89 bits per heavy atom. The van der Waals surface area contributed by atoms with Crippen LogP contribution in [0.1, 0.15) is 92.0 Å². The third-order valence-electron chi connectivity index (χ3n) is 8.23. The molecule has 0 fully saturated rings. The van der Waals surface area contributed by atoms with Crippen LogP contribution in [0.2, 0.25) is 0 Å². The second-order valence-corrected chi connectivity index (χ2v) is 19.0. The third-order valence-corrected chi connectivity index (χ3v) is 12.6. The number of anilines is 1. The van der Waals surface area contributed by atoms with Gasteiger partial charge in [0.15, 0.2) is 0 Å². The number of halogens is 2. The number of aromatic carboxylic acids is 1. The SMILES string of the molecule is CCOC(=O)CC[C@H](NC(=O)c1ccc(Br)s1)C(=O)OCC.Nc1nc2[nH]c(CCCCc3ccc(C(=O)N[C@@H](CCC(=O)O)C(=O)O)s3)cc2c(=O)[nH]1.O=C(O)c1ccc(Br)s1. The number of amides is 2. The van der Waals surface area contributed by atoms with E-state index in [9.17, 15) is 38.4 Å². The van der Waals surface area contributed by atoms with Gasteiger partial charge in [-0.3, -0.25) is 29.0 Å². The van der Waals surface area contributed by atoms with Crippen molar-refractivity contribution in [3.63, 3.8) is 0 Å². The topological polar surface area (TPSA) is 310 Å². The summed E-state index contributed by atoms with van der Waals surface area (Å²) >= 11 is 10.2. The molecule has 0 unspecified atom stereocenters. The van der Waals surface area contributed by atoms with Gasteiger partial charge < -0.3 is 46.1 Å².